The van der Waals surface area contributed by atoms with Crippen molar-refractivity contribution in [2.75, 3.05) is 32.8 Å². The van der Waals surface area contributed by atoms with E-state index in [1.54, 1.807) is 0 Å². The number of rotatable bonds is 2. The first-order chi connectivity index (χ1) is 6.45. The van der Waals surface area contributed by atoms with Crippen LogP contribution in [0.3, 0.4) is 0 Å². The summed E-state index contributed by atoms with van der Waals surface area (Å²) < 4.78 is 5.33. The molecule has 2 aliphatic rings. The zero-order valence-corrected chi connectivity index (χ0v) is 8.24. The lowest BCUT2D eigenvalue weighted by Gasteiger charge is -2.30. The number of ether oxygens (including phenoxy) is 1. The van der Waals surface area contributed by atoms with Gasteiger partial charge in [-0.3, -0.25) is 4.90 Å². The summed E-state index contributed by atoms with van der Waals surface area (Å²) in [4.78, 5) is 2.55. The molecule has 0 aromatic carbocycles. The molecule has 1 fully saturated rings. The molecule has 0 N–H and O–H groups in total. The van der Waals surface area contributed by atoms with E-state index in [9.17, 15) is 0 Å². The summed E-state index contributed by atoms with van der Waals surface area (Å²) in [5, 5.41) is 0. The second kappa shape index (κ2) is 4.77. The molecule has 0 radical (unpaired) electrons. The van der Waals surface area contributed by atoms with Crippen LogP contribution in [-0.2, 0) is 4.74 Å². The van der Waals surface area contributed by atoms with Crippen molar-refractivity contribution in [3.8, 4) is 0 Å². The summed E-state index contributed by atoms with van der Waals surface area (Å²) in [5.41, 5.74) is 0. The Morgan fingerprint density at radius 2 is 2.08 bits per heavy atom. The number of hydrogen-bond acceptors (Lipinski definition) is 2. The Balaban J connectivity index is 1.72. The van der Waals surface area contributed by atoms with Gasteiger partial charge in [0.15, 0.2) is 0 Å². The van der Waals surface area contributed by atoms with Crippen LogP contribution in [0.1, 0.15) is 19.3 Å². The predicted octanol–water partition coefficient (Wildman–Crippen LogP) is 1.67. The maximum atomic E-state index is 5.33. The lowest BCUT2D eigenvalue weighted by Crippen LogP contribution is -2.39. The van der Waals surface area contributed by atoms with E-state index in [0.717, 1.165) is 32.2 Å². The maximum Gasteiger partial charge on any atom is 0.0594 e. The van der Waals surface area contributed by atoms with Crippen LogP contribution >= 0.6 is 0 Å². The van der Waals surface area contributed by atoms with Gasteiger partial charge in [0.2, 0.25) is 0 Å². The third-order valence-electron chi connectivity index (χ3n) is 3.00. The fraction of sp³-hybridized carbons (Fsp3) is 0.818. The molecular weight excluding hydrogens is 162 g/mol. The first-order valence-electron chi connectivity index (χ1n) is 5.40. The van der Waals surface area contributed by atoms with Crippen molar-refractivity contribution < 1.29 is 4.74 Å². The molecule has 0 amide bonds. The first kappa shape index (κ1) is 9.22. The fourth-order valence-electron chi connectivity index (χ4n) is 2.17. The van der Waals surface area contributed by atoms with Gasteiger partial charge in [-0.05, 0) is 25.2 Å². The quantitative estimate of drug-likeness (QED) is 0.601. The molecule has 2 rings (SSSR count). The van der Waals surface area contributed by atoms with Crippen LogP contribution in [-0.4, -0.2) is 37.7 Å². The van der Waals surface area contributed by atoms with Crippen LogP contribution in [0.5, 0.6) is 0 Å². The van der Waals surface area contributed by atoms with E-state index in [1.807, 2.05) is 0 Å². The van der Waals surface area contributed by atoms with E-state index in [-0.39, 0.29) is 0 Å². The summed E-state index contributed by atoms with van der Waals surface area (Å²) in [6.45, 7) is 5.43. The second-order valence-corrected chi connectivity index (χ2v) is 4.06. The Bertz CT molecular complexity index is 173. The highest BCUT2D eigenvalue weighted by Gasteiger charge is 2.16. The van der Waals surface area contributed by atoms with Gasteiger partial charge in [-0.2, -0.15) is 0 Å². The monoisotopic (exact) mass is 181 g/mol. The molecule has 1 saturated heterocycles. The largest absolute Gasteiger partial charge is 0.379 e. The van der Waals surface area contributed by atoms with E-state index in [2.05, 4.69) is 17.1 Å². The molecule has 1 heterocycles. The van der Waals surface area contributed by atoms with Crippen molar-refractivity contribution >= 4 is 0 Å². The van der Waals surface area contributed by atoms with E-state index >= 15 is 0 Å². The van der Waals surface area contributed by atoms with E-state index in [0.29, 0.717) is 0 Å². The van der Waals surface area contributed by atoms with Gasteiger partial charge in [-0.15, -0.1) is 0 Å². The summed E-state index contributed by atoms with van der Waals surface area (Å²) in [6.07, 6.45) is 8.62. The van der Waals surface area contributed by atoms with Crippen LogP contribution in [0, 0.1) is 5.92 Å². The average molecular weight is 181 g/mol. The Morgan fingerprint density at radius 3 is 2.77 bits per heavy atom. The number of nitrogens with zero attached hydrogens (tertiary/aromatic N) is 1. The van der Waals surface area contributed by atoms with Gasteiger partial charge < -0.3 is 4.74 Å². The topological polar surface area (TPSA) is 12.5 Å². The molecule has 13 heavy (non-hydrogen) atoms. The normalized spacial score (nSPS) is 30.6. The van der Waals surface area contributed by atoms with Crippen LogP contribution in [0.15, 0.2) is 12.2 Å². The molecule has 74 valence electrons. The zero-order valence-electron chi connectivity index (χ0n) is 8.24. The highest BCUT2D eigenvalue weighted by Crippen LogP contribution is 2.19. The maximum absolute atomic E-state index is 5.33. The first-order valence-corrected chi connectivity index (χ1v) is 5.40. The molecule has 0 aromatic rings. The lowest BCUT2D eigenvalue weighted by atomic mass is 9.94. The Hall–Kier alpha value is -0.340. The molecule has 1 aliphatic heterocycles. The minimum Gasteiger partial charge on any atom is -0.379 e. The summed E-state index contributed by atoms with van der Waals surface area (Å²) in [7, 11) is 0. The van der Waals surface area contributed by atoms with Gasteiger partial charge in [0.05, 0.1) is 13.2 Å². The smallest absolute Gasteiger partial charge is 0.0594 e. The molecular formula is C11H19NO. The molecule has 0 aromatic heterocycles. The average Bonchev–Trinajstić information content (AvgIpc) is 2.21. The van der Waals surface area contributed by atoms with Crippen molar-refractivity contribution in [2.24, 2.45) is 5.92 Å². The molecule has 0 spiro atoms. The molecule has 0 saturated carbocycles. The van der Waals surface area contributed by atoms with Crippen molar-refractivity contribution in [1.82, 2.24) is 4.90 Å². The molecule has 0 bridgehead atoms. The Kier molecular flexibility index (Phi) is 3.39. The summed E-state index contributed by atoms with van der Waals surface area (Å²) in [6, 6.07) is 0. The zero-order chi connectivity index (χ0) is 8.93. The molecule has 2 heteroatoms. The molecule has 2 nitrogen and oxygen atoms in total. The fourth-order valence-corrected chi connectivity index (χ4v) is 2.17. The number of hydrogen-bond donors (Lipinski definition) is 0. The van der Waals surface area contributed by atoms with Crippen molar-refractivity contribution in [3.63, 3.8) is 0 Å². The van der Waals surface area contributed by atoms with E-state index < -0.39 is 0 Å². The van der Waals surface area contributed by atoms with Gasteiger partial charge in [0.1, 0.15) is 0 Å². The second-order valence-electron chi connectivity index (χ2n) is 4.06. The van der Waals surface area contributed by atoms with Crippen molar-refractivity contribution in [3.05, 3.63) is 12.2 Å². The van der Waals surface area contributed by atoms with Crippen LogP contribution in [0.2, 0.25) is 0 Å². The third-order valence-corrected chi connectivity index (χ3v) is 3.00. The van der Waals surface area contributed by atoms with Gasteiger partial charge in [0, 0.05) is 19.6 Å². The SMILES string of the molecule is C1=CC[C@H](CN2CCOCC2)CC1. The summed E-state index contributed by atoms with van der Waals surface area (Å²) >= 11 is 0. The standard InChI is InChI=1S/C11H19NO/c1-2-4-11(5-3-1)10-12-6-8-13-9-7-12/h1-2,11H,3-10H2/t11-/m0/s1. The van der Waals surface area contributed by atoms with Crippen molar-refractivity contribution in [1.29, 1.82) is 0 Å². The minimum absolute atomic E-state index is 0.906. The van der Waals surface area contributed by atoms with Gasteiger partial charge in [0.25, 0.3) is 0 Å². The van der Waals surface area contributed by atoms with Gasteiger partial charge in [-0.1, -0.05) is 12.2 Å². The third kappa shape index (κ3) is 2.82. The Morgan fingerprint density at radius 1 is 1.23 bits per heavy atom. The molecule has 1 aliphatic carbocycles. The lowest BCUT2D eigenvalue weighted by molar-refractivity contribution is 0.0300. The van der Waals surface area contributed by atoms with E-state index in [4.69, 9.17) is 4.74 Å². The molecule has 0 unspecified atom stereocenters. The van der Waals surface area contributed by atoms with Crippen LogP contribution < -0.4 is 0 Å². The molecule has 1 atom stereocenters. The predicted molar refractivity (Wildman–Crippen MR) is 53.7 cm³/mol. The van der Waals surface area contributed by atoms with Gasteiger partial charge in [-0.25, -0.2) is 0 Å². The van der Waals surface area contributed by atoms with Crippen molar-refractivity contribution in [2.45, 2.75) is 19.3 Å². The number of allylic oxidation sites excluding steroid dienone is 2. The van der Waals surface area contributed by atoms with Crippen LogP contribution in [0.25, 0.3) is 0 Å². The number of morpholine rings is 1. The summed E-state index contributed by atoms with van der Waals surface area (Å²) in [5.74, 6) is 0.906. The Labute approximate surface area is 80.6 Å². The van der Waals surface area contributed by atoms with E-state index in [1.165, 1.54) is 25.8 Å². The minimum atomic E-state index is 0.906. The van der Waals surface area contributed by atoms with Gasteiger partial charge >= 0.3 is 0 Å². The highest BCUT2D eigenvalue weighted by atomic mass is 16.5. The highest BCUT2D eigenvalue weighted by molar-refractivity contribution is 4.90. The van der Waals surface area contributed by atoms with Crippen LogP contribution in [0.4, 0.5) is 0 Å².